The molecule has 0 aliphatic carbocycles. The van der Waals surface area contributed by atoms with E-state index in [1.807, 2.05) is 30.3 Å². The van der Waals surface area contributed by atoms with Gasteiger partial charge in [0.2, 0.25) is 5.91 Å². The van der Waals surface area contributed by atoms with E-state index in [4.69, 9.17) is 4.42 Å². The molecule has 3 aromatic carbocycles. The largest absolute Gasteiger partial charge is 0.450 e. The Balaban J connectivity index is 1.03. The number of hydrogen-bond acceptors (Lipinski definition) is 5. The molecule has 0 saturated carbocycles. The van der Waals surface area contributed by atoms with Crippen molar-refractivity contribution < 1.29 is 14.0 Å². The summed E-state index contributed by atoms with van der Waals surface area (Å²) in [5.41, 5.74) is 5.24. The molecule has 1 aliphatic heterocycles. The van der Waals surface area contributed by atoms with Crippen LogP contribution in [0.25, 0.3) is 32.9 Å². The van der Waals surface area contributed by atoms with Crippen LogP contribution in [0.15, 0.2) is 81.9 Å². The predicted octanol–water partition coefficient (Wildman–Crippen LogP) is 7.27. The standard InChI is InChI=1S/C33H33N3O3S/c1-22(37)35-27-7-4-6-24(18-27)23-10-15-36(16-11-23)14-5-13-34-33(38)31-20-26-19-30(25-12-17-40-21-25)28-8-2-3-9-29(28)32(26)39-31/h2-4,6-9,12,17-21,23H,5,10-11,13-16H2,1H3,(H,34,38)(H,35,37). The molecular formula is C33H33N3O3S. The zero-order valence-electron chi connectivity index (χ0n) is 22.6. The lowest BCUT2D eigenvalue weighted by atomic mass is 9.89. The molecule has 2 aromatic heterocycles. The number of amides is 2. The van der Waals surface area contributed by atoms with Crippen molar-refractivity contribution in [2.45, 2.75) is 32.1 Å². The highest BCUT2D eigenvalue weighted by Crippen LogP contribution is 2.37. The maximum absolute atomic E-state index is 13.0. The van der Waals surface area contributed by atoms with Crippen molar-refractivity contribution in [3.05, 3.63) is 88.8 Å². The minimum absolute atomic E-state index is 0.0453. The number of nitrogens with one attached hydrogen (secondary N) is 2. The summed E-state index contributed by atoms with van der Waals surface area (Å²) in [4.78, 5) is 26.8. The highest BCUT2D eigenvalue weighted by molar-refractivity contribution is 7.08. The van der Waals surface area contributed by atoms with Crippen molar-refractivity contribution in [2.75, 3.05) is 31.5 Å². The van der Waals surface area contributed by atoms with Gasteiger partial charge < -0.3 is 20.0 Å². The molecule has 3 heterocycles. The van der Waals surface area contributed by atoms with Crippen LogP contribution in [-0.4, -0.2) is 42.9 Å². The Labute approximate surface area is 238 Å². The van der Waals surface area contributed by atoms with E-state index in [1.165, 1.54) is 18.1 Å². The number of carbonyl (C=O) groups is 2. The lowest BCUT2D eigenvalue weighted by molar-refractivity contribution is -0.114. The first-order chi connectivity index (χ1) is 19.5. The molecule has 204 valence electrons. The Kier molecular flexibility index (Phi) is 7.66. The van der Waals surface area contributed by atoms with Gasteiger partial charge >= 0.3 is 0 Å². The summed E-state index contributed by atoms with van der Waals surface area (Å²) in [7, 11) is 0. The monoisotopic (exact) mass is 551 g/mol. The quantitative estimate of drug-likeness (QED) is 0.199. The first-order valence-electron chi connectivity index (χ1n) is 13.9. The van der Waals surface area contributed by atoms with Gasteiger partial charge in [-0.3, -0.25) is 9.59 Å². The summed E-state index contributed by atoms with van der Waals surface area (Å²) in [5, 5.41) is 13.2. The fourth-order valence-electron chi connectivity index (χ4n) is 5.80. The van der Waals surface area contributed by atoms with Gasteiger partial charge in [0.05, 0.1) is 0 Å². The van der Waals surface area contributed by atoms with Gasteiger partial charge in [-0.1, -0.05) is 36.4 Å². The van der Waals surface area contributed by atoms with Crippen molar-refractivity contribution in [1.82, 2.24) is 10.2 Å². The van der Waals surface area contributed by atoms with Crippen molar-refractivity contribution >= 4 is 50.6 Å². The van der Waals surface area contributed by atoms with Gasteiger partial charge in [0.25, 0.3) is 5.91 Å². The molecule has 1 aliphatic rings. The average molecular weight is 552 g/mol. The number of nitrogens with zero attached hydrogens (tertiary/aromatic N) is 1. The summed E-state index contributed by atoms with van der Waals surface area (Å²) in [6.45, 7) is 5.16. The van der Waals surface area contributed by atoms with Gasteiger partial charge in [-0.2, -0.15) is 11.3 Å². The van der Waals surface area contributed by atoms with E-state index < -0.39 is 0 Å². The van der Waals surface area contributed by atoms with Gasteiger partial charge in [-0.15, -0.1) is 0 Å². The Morgan fingerprint density at radius 1 is 1.00 bits per heavy atom. The predicted molar refractivity (Wildman–Crippen MR) is 163 cm³/mol. The number of piperidine rings is 1. The van der Waals surface area contributed by atoms with Crippen molar-refractivity contribution in [2.24, 2.45) is 0 Å². The second kappa shape index (κ2) is 11.7. The van der Waals surface area contributed by atoms with Crippen LogP contribution in [0.1, 0.15) is 48.2 Å². The van der Waals surface area contributed by atoms with E-state index in [2.05, 4.69) is 62.7 Å². The van der Waals surface area contributed by atoms with Crippen LogP contribution in [0.5, 0.6) is 0 Å². The molecule has 0 atom stereocenters. The Morgan fingerprint density at radius 3 is 2.60 bits per heavy atom. The van der Waals surface area contributed by atoms with Crippen LogP contribution in [-0.2, 0) is 4.79 Å². The van der Waals surface area contributed by atoms with Gasteiger partial charge in [0, 0.05) is 29.9 Å². The number of hydrogen-bond donors (Lipinski definition) is 2. The van der Waals surface area contributed by atoms with E-state index in [1.54, 1.807) is 11.3 Å². The van der Waals surface area contributed by atoms with E-state index in [9.17, 15) is 9.59 Å². The maximum atomic E-state index is 13.0. The van der Waals surface area contributed by atoms with Crippen molar-refractivity contribution in [3.63, 3.8) is 0 Å². The number of anilines is 1. The summed E-state index contributed by atoms with van der Waals surface area (Å²) < 4.78 is 6.10. The topological polar surface area (TPSA) is 74.6 Å². The lowest BCUT2D eigenvalue weighted by Crippen LogP contribution is -2.35. The number of rotatable bonds is 8. The average Bonchev–Trinajstić information content (AvgIpc) is 3.66. The van der Waals surface area contributed by atoms with Gasteiger partial charge in [0.15, 0.2) is 5.76 Å². The molecule has 0 bridgehead atoms. The highest BCUT2D eigenvalue weighted by atomic mass is 32.1. The fourth-order valence-corrected chi connectivity index (χ4v) is 6.45. The molecule has 1 fully saturated rings. The van der Waals surface area contributed by atoms with Crippen LogP contribution >= 0.6 is 11.3 Å². The molecule has 2 N–H and O–H groups in total. The van der Waals surface area contributed by atoms with Crippen molar-refractivity contribution in [1.29, 1.82) is 0 Å². The van der Waals surface area contributed by atoms with Crippen LogP contribution < -0.4 is 10.6 Å². The third kappa shape index (κ3) is 5.67. The smallest absolute Gasteiger partial charge is 0.287 e. The normalized spacial score (nSPS) is 14.5. The minimum atomic E-state index is -0.171. The molecule has 7 heteroatoms. The van der Waals surface area contributed by atoms with E-state index in [-0.39, 0.29) is 11.8 Å². The van der Waals surface area contributed by atoms with Crippen LogP contribution in [0.3, 0.4) is 0 Å². The lowest BCUT2D eigenvalue weighted by Gasteiger charge is -2.32. The van der Waals surface area contributed by atoms with E-state index in [0.29, 0.717) is 18.2 Å². The summed E-state index contributed by atoms with van der Waals surface area (Å²) in [5.74, 6) is 0.644. The minimum Gasteiger partial charge on any atom is -0.450 e. The van der Waals surface area contributed by atoms with Gasteiger partial charge in [-0.05, 0) is 108 Å². The fraction of sp³-hybridized carbons (Fsp3) is 0.273. The third-order valence-corrected chi connectivity index (χ3v) is 8.46. The zero-order chi connectivity index (χ0) is 27.5. The first kappa shape index (κ1) is 26.3. The van der Waals surface area contributed by atoms with Gasteiger partial charge in [0.1, 0.15) is 5.58 Å². The molecule has 1 saturated heterocycles. The number of furan rings is 1. The Hall–Kier alpha value is -3.94. The molecule has 5 aromatic rings. The van der Waals surface area contributed by atoms with E-state index >= 15 is 0 Å². The maximum Gasteiger partial charge on any atom is 0.287 e. The number of likely N-dealkylation sites (tertiary alicyclic amines) is 1. The first-order valence-corrected chi connectivity index (χ1v) is 14.9. The molecule has 0 unspecified atom stereocenters. The third-order valence-electron chi connectivity index (χ3n) is 7.78. The molecular weight excluding hydrogens is 518 g/mol. The number of thiophene rings is 1. The second-order valence-electron chi connectivity index (χ2n) is 10.5. The van der Waals surface area contributed by atoms with Crippen LogP contribution in [0.2, 0.25) is 0 Å². The molecule has 0 radical (unpaired) electrons. The zero-order valence-corrected chi connectivity index (χ0v) is 23.4. The van der Waals surface area contributed by atoms with E-state index in [0.717, 1.165) is 71.9 Å². The van der Waals surface area contributed by atoms with Gasteiger partial charge in [-0.25, -0.2) is 0 Å². The molecule has 6 rings (SSSR count). The SMILES string of the molecule is CC(=O)Nc1cccc(C2CCN(CCCNC(=O)c3cc4cc(-c5ccsc5)c5ccccc5c4o3)CC2)c1. The molecule has 40 heavy (non-hydrogen) atoms. The summed E-state index contributed by atoms with van der Waals surface area (Å²) in [6.07, 6.45) is 3.08. The molecule has 6 nitrogen and oxygen atoms in total. The Bertz CT molecular complexity index is 1650. The number of carbonyl (C=O) groups excluding carboxylic acids is 2. The van der Waals surface area contributed by atoms with Crippen molar-refractivity contribution in [3.8, 4) is 11.1 Å². The summed E-state index contributed by atoms with van der Waals surface area (Å²) >= 11 is 1.68. The second-order valence-corrected chi connectivity index (χ2v) is 11.3. The van der Waals surface area contributed by atoms with Crippen LogP contribution in [0.4, 0.5) is 5.69 Å². The Morgan fingerprint density at radius 2 is 1.82 bits per heavy atom. The molecule has 0 spiro atoms. The molecule has 2 amide bonds. The highest BCUT2D eigenvalue weighted by Gasteiger charge is 2.21. The number of fused-ring (bicyclic) bond motifs is 3. The summed E-state index contributed by atoms with van der Waals surface area (Å²) in [6, 6.07) is 22.5. The number of benzene rings is 3. The van der Waals surface area contributed by atoms with Crippen LogP contribution in [0, 0.1) is 0 Å².